The largest absolute Gasteiger partial charge is 0.356 e. The van der Waals surface area contributed by atoms with Gasteiger partial charge in [-0.1, -0.05) is 0 Å². The summed E-state index contributed by atoms with van der Waals surface area (Å²) in [5.41, 5.74) is 8.66. The van der Waals surface area contributed by atoms with Crippen LogP contribution in [0.4, 0.5) is 5.82 Å². The van der Waals surface area contributed by atoms with Crippen LogP contribution < -0.4 is 10.6 Å². The van der Waals surface area contributed by atoms with Gasteiger partial charge >= 0.3 is 0 Å². The number of nitrogens with two attached hydrogens (primary N) is 1. The van der Waals surface area contributed by atoms with Gasteiger partial charge in [0.15, 0.2) is 0 Å². The van der Waals surface area contributed by atoms with Gasteiger partial charge in [0, 0.05) is 35.6 Å². The molecule has 1 fully saturated rings. The van der Waals surface area contributed by atoms with Crippen LogP contribution in [0.15, 0.2) is 6.33 Å². The molecule has 0 saturated carbocycles. The van der Waals surface area contributed by atoms with E-state index < -0.39 is 0 Å². The van der Waals surface area contributed by atoms with Gasteiger partial charge in [-0.05, 0) is 44.8 Å². The van der Waals surface area contributed by atoms with Crippen LogP contribution in [0.25, 0.3) is 0 Å². The van der Waals surface area contributed by atoms with Gasteiger partial charge in [0.05, 0.1) is 0 Å². The Labute approximate surface area is 125 Å². The van der Waals surface area contributed by atoms with E-state index in [-0.39, 0.29) is 4.75 Å². The first-order valence-corrected chi connectivity index (χ1v) is 8.83. The van der Waals surface area contributed by atoms with Gasteiger partial charge in [-0.25, -0.2) is 9.97 Å². The zero-order chi connectivity index (χ0) is 14.0. The van der Waals surface area contributed by atoms with Crippen molar-refractivity contribution in [3.8, 4) is 0 Å². The fourth-order valence-electron chi connectivity index (χ4n) is 3.39. The fourth-order valence-corrected chi connectivity index (χ4v) is 4.15. The smallest absolute Gasteiger partial charge is 0.135 e. The highest BCUT2D eigenvalue weighted by molar-refractivity contribution is 8.00. The molecule has 0 unspecified atom stereocenters. The van der Waals surface area contributed by atoms with Gasteiger partial charge in [0.1, 0.15) is 12.1 Å². The molecule has 4 nitrogen and oxygen atoms in total. The first kappa shape index (κ1) is 14.1. The molecule has 110 valence electrons. The van der Waals surface area contributed by atoms with Crippen LogP contribution in [0, 0.1) is 0 Å². The SMILES string of the molecule is CSC1(CN)CCN(c2ncnc3c2CCCC3)CC1. The second kappa shape index (κ2) is 5.90. The van der Waals surface area contributed by atoms with Crippen LogP contribution in [-0.4, -0.2) is 40.6 Å². The predicted molar refractivity (Wildman–Crippen MR) is 85.4 cm³/mol. The Balaban J connectivity index is 1.79. The van der Waals surface area contributed by atoms with Crippen LogP contribution in [0.1, 0.15) is 36.9 Å². The molecule has 0 aromatic carbocycles. The van der Waals surface area contributed by atoms with Crippen LogP contribution in [0.2, 0.25) is 0 Å². The van der Waals surface area contributed by atoms with Crippen molar-refractivity contribution >= 4 is 17.6 Å². The molecule has 20 heavy (non-hydrogen) atoms. The average Bonchev–Trinajstić information content (AvgIpc) is 2.54. The molecule has 2 aliphatic rings. The maximum absolute atomic E-state index is 5.98. The highest BCUT2D eigenvalue weighted by Gasteiger charge is 2.34. The summed E-state index contributed by atoms with van der Waals surface area (Å²) in [6.45, 7) is 2.92. The Hall–Kier alpha value is -0.810. The maximum atomic E-state index is 5.98. The fraction of sp³-hybridized carbons (Fsp3) is 0.733. The molecule has 1 saturated heterocycles. The van der Waals surface area contributed by atoms with Gasteiger partial charge in [-0.2, -0.15) is 11.8 Å². The molecule has 0 atom stereocenters. The highest BCUT2D eigenvalue weighted by Crippen LogP contribution is 2.36. The molecule has 0 radical (unpaired) electrons. The third-order valence-electron chi connectivity index (χ3n) is 4.88. The van der Waals surface area contributed by atoms with Crippen LogP contribution in [-0.2, 0) is 12.8 Å². The number of anilines is 1. The molecular formula is C15H24N4S. The number of piperidine rings is 1. The van der Waals surface area contributed by atoms with Gasteiger partial charge in [-0.3, -0.25) is 0 Å². The number of thioether (sulfide) groups is 1. The van der Waals surface area contributed by atoms with Crippen molar-refractivity contribution in [2.75, 3.05) is 30.8 Å². The number of fused-ring (bicyclic) bond motifs is 1. The maximum Gasteiger partial charge on any atom is 0.135 e. The average molecular weight is 292 g/mol. The molecule has 5 heteroatoms. The van der Waals surface area contributed by atoms with E-state index in [1.807, 2.05) is 11.8 Å². The monoisotopic (exact) mass is 292 g/mol. The Morgan fingerprint density at radius 3 is 2.70 bits per heavy atom. The van der Waals surface area contributed by atoms with E-state index >= 15 is 0 Å². The lowest BCUT2D eigenvalue weighted by atomic mass is 9.93. The van der Waals surface area contributed by atoms with Crippen LogP contribution >= 0.6 is 11.8 Å². The summed E-state index contributed by atoms with van der Waals surface area (Å²) in [5.74, 6) is 1.20. The van der Waals surface area contributed by atoms with Crippen molar-refractivity contribution in [2.45, 2.75) is 43.3 Å². The van der Waals surface area contributed by atoms with Gasteiger partial charge < -0.3 is 10.6 Å². The summed E-state index contributed by atoms with van der Waals surface area (Å²) in [6, 6.07) is 0. The molecule has 0 amide bonds. The summed E-state index contributed by atoms with van der Waals surface area (Å²) in [5, 5.41) is 0. The Morgan fingerprint density at radius 2 is 2.00 bits per heavy atom. The van der Waals surface area contributed by atoms with E-state index in [1.54, 1.807) is 6.33 Å². The van der Waals surface area contributed by atoms with Crippen molar-refractivity contribution in [3.63, 3.8) is 0 Å². The number of hydrogen-bond acceptors (Lipinski definition) is 5. The third kappa shape index (κ3) is 2.53. The minimum atomic E-state index is 0.281. The van der Waals surface area contributed by atoms with E-state index in [1.165, 1.54) is 29.9 Å². The molecule has 1 aromatic rings. The lowest BCUT2D eigenvalue weighted by Crippen LogP contribution is -2.47. The van der Waals surface area contributed by atoms with Crippen molar-refractivity contribution in [3.05, 3.63) is 17.6 Å². The summed E-state index contributed by atoms with van der Waals surface area (Å²) < 4.78 is 0.281. The van der Waals surface area contributed by atoms with E-state index in [0.717, 1.165) is 45.3 Å². The molecule has 0 spiro atoms. The molecule has 3 rings (SSSR count). The van der Waals surface area contributed by atoms with Crippen LogP contribution in [0.3, 0.4) is 0 Å². The zero-order valence-corrected chi connectivity index (χ0v) is 13.1. The highest BCUT2D eigenvalue weighted by atomic mass is 32.2. The van der Waals surface area contributed by atoms with Crippen molar-refractivity contribution < 1.29 is 0 Å². The lowest BCUT2D eigenvalue weighted by Gasteiger charge is -2.41. The standard InChI is InChI=1S/C15H24N4S/c1-20-15(10-16)6-8-19(9-7-15)14-12-4-2-3-5-13(12)17-11-18-14/h11H,2-10,16H2,1H3. The summed E-state index contributed by atoms with van der Waals surface area (Å²) in [7, 11) is 0. The van der Waals surface area contributed by atoms with Crippen LogP contribution in [0.5, 0.6) is 0 Å². The minimum Gasteiger partial charge on any atom is -0.356 e. The topological polar surface area (TPSA) is 55.0 Å². The Bertz CT molecular complexity index is 463. The Kier molecular flexibility index (Phi) is 4.17. The van der Waals surface area contributed by atoms with Gasteiger partial charge in [0.2, 0.25) is 0 Å². The quantitative estimate of drug-likeness (QED) is 0.923. The van der Waals surface area contributed by atoms with E-state index in [2.05, 4.69) is 21.1 Å². The van der Waals surface area contributed by atoms with Crippen molar-refractivity contribution in [2.24, 2.45) is 5.73 Å². The first-order chi connectivity index (χ1) is 9.78. The molecule has 1 aliphatic carbocycles. The molecule has 0 bridgehead atoms. The van der Waals surface area contributed by atoms with Gasteiger partial charge in [0.25, 0.3) is 0 Å². The lowest BCUT2D eigenvalue weighted by molar-refractivity contribution is 0.453. The first-order valence-electron chi connectivity index (χ1n) is 7.61. The number of hydrogen-bond donors (Lipinski definition) is 1. The number of aromatic nitrogens is 2. The summed E-state index contributed by atoms with van der Waals surface area (Å²) in [6.07, 6.45) is 11.1. The third-order valence-corrected chi connectivity index (χ3v) is 6.32. The summed E-state index contributed by atoms with van der Waals surface area (Å²) in [4.78, 5) is 11.5. The second-order valence-corrected chi connectivity index (χ2v) is 7.18. The number of rotatable bonds is 3. The van der Waals surface area contributed by atoms with Crippen molar-refractivity contribution in [1.29, 1.82) is 0 Å². The molecule has 1 aliphatic heterocycles. The normalized spacial score (nSPS) is 21.6. The van der Waals surface area contributed by atoms with Gasteiger partial charge in [-0.15, -0.1) is 0 Å². The number of aryl methyl sites for hydroxylation is 1. The molecule has 2 heterocycles. The molecule has 2 N–H and O–H groups in total. The minimum absolute atomic E-state index is 0.281. The second-order valence-electron chi connectivity index (χ2n) is 5.91. The predicted octanol–water partition coefficient (Wildman–Crippen LogP) is 2.02. The molecule has 1 aromatic heterocycles. The zero-order valence-electron chi connectivity index (χ0n) is 12.3. The van der Waals surface area contributed by atoms with Crippen molar-refractivity contribution in [1.82, 2.24) is 9.97 Å². The van der Waals surface area contributed by atoms with E-state index in [4.69, 9.17) is 5.73 Å². The van der Waals surface area contributed by atoms with E-state index in [0.29, 0.717) is 0 Å². The summed E-state index contributed by atoms with van der Waals surface area (Å²) >= 11 is 1.93. The molecular weight excluding hydrogens is 268 g/mol. The van der Waals surface area contributed by atoms with E-state index in [9.17, 15) is 0 Å². The Morgan fingerprint density at radius 1 is 1.25 bits per heavy atom. The number of nitrogens with zero attached hydrogens (tertiary/aromatic N) is 3.